The van der Waals surface area contributed by atoms with Gasteiger partial charge in [-0.3, -0.25) is 0 Å². The Kier molecular flexibility index (Phi) is 4.67. The Balaban J connectivity index is 2.71. The van der Waals surface area contributed by atoms with Gasteiger partial charge in [0.2, 0.25) is 10.0 Å². The van der Waals surface area contributed by atoms with Crippen LogP contribution in [-0.2, 0) is 16.6 Å². The van der Waals surface area contributed by atoms with Crippen LogP contribution < -0.4 is 4.72 Å². The number of rotatable bonds is 5. The van der Waals surface area contributed by atoms with Crippen LogP contribution in [0.4, 0.5) is 0 Å². The van der Waals surface area contributed by atoms with Gasteiger partial charge in [-0.1, -0.05) is 36.8 Å². The highest BCUT2D eigenvalue weighted by molar-refractivity contribution is 7.90. The number of nitrogens with one attached hydrogen (secondary N) is 1. The second-order valence-corrected chi connectivity index (χ2v) is 5.83. The summed E-state index contributed by atoms with van der Waals surface area (Å²) in [7, 11) is -3.54. The third-order valence-corrected chi connectivity index (χ3v) is 4.18. The molecule has 1 rings (SSSR count). The molecule has 0 aliphatic heterocycles. The smallest absolute Gasteiger partial charge is 0.211 e. The molecule has 1 unspecified atom stereocenters. The molecule has 4 nitrogen and oxygen atoms in total. The van der Waals surface area contributed by atoms with Crippen molar-refractivity contribution in [2.24, 2.45) is 0 Å². The Morgan fingerprint density at radius 3 is 2.71 bits per heavy atom. The van der Waals surface area contributed by atoms with Crippen LogP contribution in [-0.4, -0.2) is 13.7 Å². The Bertz CT molecular complexity index is 518. The molecule has 0 heterocycles. The first-order valence-electron chi connectivity index (χ1n) is 5.43. The van der Waals surface area contributed by atoms with Crippen LogP contribution in [0.25, 0.3) is 0 Å². The van der Waals surface area contributed by atoms with Crippen molar-refractivity contribution in [1.29, 1.82) is 5.26 Å². The van der Waals surface area contributed by atoms with E-state index in [9.17, 15) is 8.42 Å². The van der Waals surface area contributed by atoms with Gasteiger partial charge in [0.15, 0.2) is 5.25 Å². The summed E-state index contributed by atoms with van der Waals surface area (Å²) in [5, 5.41) is 7.75. The zero-order valence-electron chi connectivity index (χ0n) is 9.97. The first-order chi connectivity index (χ1) is 7.99. The van der Waals surface area contributed by atoms with Gasteiger partial charge < -0.3 is 0 Å². The van der Waals surface area contributed by atoms with Gasteiger partial charge in [0, 0.05) is 6.54 Å². The molecule has 1 aromatic rings. The minimum Gasteiger partial charge on any atom is -0.211 e. The van der Waals surface area contributed by atoms with Crippen molar-refractivity contribution in [3.63, 3.8) is 0 Å². The lowest BCUT2D eigenvalue weighted by Gasteiger charge is -2.10. The number of hydrogen-bond donors (Lipinski definition) is 1. The van der Waals surface area contributed by atoms with Gasteiger partial charge in [-0.25, -0.2) is 13.1 Å². The summed E-state index contributed by atoms with van der Waals surface area (Å²) in [6.45, 7) is 3.85. The molecule has 0 amide bonds. The molecule has 1 atom stereocenters. The van der Waals surface area contributed by atoms with Crippen LogP contribution in [0.5, 0.6) is 0 Å². The number of nitriles is 1. The van der Waals surface area contributed by atoms with Crippen molar-refractivity contribution in [2.75, 3.05) is 0 Å². The normalized spacial score (nSPS) is 13.0. The van der Waals surface area contributed by atoms with Gasteiger partial charge in [0.1, 0.15) is 0 Å². The average Bonchev–Trinajstić information content (AvgIpc) is 2.28. The van der Waals surface area contributed by atoms with E-state index in [0.717, 1.165) is 11.1 Å². The van der Waals surface area contributed by atoms with Gasteiger partial charge in [0.25, 0.3) is 0 Å². The molecule has 92 valence electrons. The Morgan fingerprint density at radius 1 is 1.47 bits per heavy atom. The predicted octanol–water partition coefficient (Wildman–Crippen LogP) is 1.72. The van der Waals surface area contributed by atoms with Crippen molar-refractivity contribution in [3.05, 3.63) is 35.4 Å². The molecular weight excluding hydrogens is 236 g/mol. The molecule has 1 aromatic carbocycles. The van der Waals surface area contributed by atoms with Gasteiger partial charge in [-0.05, 0) is 18.9 Å². The average molecular weight is 252 g/mol. The van der Waals surface area contributed by atoms with E-state index < -0.39 is 15.3 Å². The lowest BCUT2D eigenvalue weighted by Crippen LogP contribution is -2.32. The lowest BCUT2D eigenvalue weighted by atomic mass is 10.1. The summed E-state index contributed by atoms with van der Waals surface area (Å²) >= 11 is 0. The highest BCUT2D eigenvalue weighted by Crippen LogP contribution is 2.07. The van der Waals surface area contributed by atoms with Gasteiger partial charge in [0.05, 0.1) is 6.07 Å². The van der Waals surface area contributed by atoms with Gasteiger partial charge in [-0.15, -0.1) is 0 Å². The maximum Gasteiger partial charge on any atom is 0.228 e. The van der Waals surface area contributed by atoms with Gasteiger partial charge >= 0.3 is 0 Å². The zero-order valence-corrected chi connectivity index (χ0v) is 10.8. The molecule has 0 saturated carbocycles. The van der Waals surface area contributed by atoms with Crippen molar-refractivity contribution in [2.45, 2.75) is 32.1 Å². The third-order valence-electron chi connectivity index (χ3n) is 2.45. The number of sulfonamides is 1. The molecular formula is C12H16N2O2S. The molecule has 0 aliphatic rings. The molecule has 0 fully saturated rings. The standard InChI is InChI=1S/C12H16N2O2S/c1-3-12(8-13)17(15,16)14-9-11-6-4-5-10(2)7-11/h4-7,12,14H,3,9H2,1-2H3. The Morgan fingerprint density at radius 2 is 2.18 bits per heavy atom. The Labute approximate surface area is 102 Å². The van der Waals surface area contributed by atoms with E-state index in [-0.39, 0.29) is 6.54 Å². The number of hydrogen-bond acceptors (Lipinski definition) is 3. The molecule has 17 heavy (non-hydrogen) atoms. The molecule has 0 spiro atoms. The molecule has 5 heteroatoms. The van der Waals surface area contributed by atoms with Crippen LogP contribution >= 0.6 is 0 Å². The molecule has 1 N–H and O–H groups in total. The fourth-order valence-electron chi connectivity index (χ4n) is 1.49. The van der Waals surface area contributed by atoms with Crippen LogP contribution in [0.15, 0.2) is 24.3 Å². The van der Waals surface area contributed by atoms with Crippen molar-refractivity contribution >= 4 is 10.0 Å². The van der Waals surface area contributed by atoms with E-state index in [1.54, 1.807) is 13.0 Å². The third kappa shape index (κ3) is 3.84. The topological polar surface area (TPSA) is 70.0 Å². The summed E-state index contributed by atoms with van der Waals surface area (Å²) in [4.78, 5) is 0. The fraction of sp³-hybridized carbons (Fsp3) is 0.417. The van der Waals surface area contributed by atoms with Crippen molar-refractivity contribution in [1.82, 2.24) is 4.72 Å². The van der Waals surface area contributed by atoms with E-state index in [1.165, 1.54) is 0 Å². The molecule has 0 radical (unpaired) electrons. The summed E-state index contributed by atoms with van der Waals surface area (Å²) in [6.07, 6.45) is 0.291. The quantitative estimate of drug-likeness (QED) is 0.867. The van der Waals surface area contributed by atoms with E-state index in [0.29, 0.717) is 6.42 Å². The SMILES string of the molecule is CCC(C#N)S(=O)(=O)NCc1cccc(C)c1. The van der Waals surface area contributed by atoms with Crippen molar-refractivity contribution < 1.29 is 8.42 Å². The molecule has 0 aromatic heterocycles. The minimum absolute atomic E-state index is 0.224. The largest absolute Gasteiger partial charge is 0.228 e. The summed E-state index contributed by atoms with van der Waals surface area (Å²) in [5.41, 5.74) is 1.97. The maximum absolute atomic E-state index is 11.7. The zero-order chi connectivity index (χ0) is 12.9. The highest BCUT2D eigenvalue weighted by Gasteiger charge is 2.22. The number of nitrogens with zero attached hydrogens (tertiary/aromatic N) is 1. The van der Waals surface area contributed by atoms with Crippen LogP contribution in [0.1, 0.15) is 24.5 Å². The Hall–Kier alpha value is -1.38. The van der Waals surface area contributed by atoms with E-state index in [1.807, 2.05) is 31.2 Å². The first kappa shape index (κ1) is 13.7. The highest BCUT2D eigenvalue weighted by atomic mass is 32.2. The number of benzene rings is 1. The fourth-order valence-corrected chi connectivity index (χ4v) is 2.63. The lowest BCUT2D eigenvalue weighted by molar-refractivity contribution is 0.572. The summed E-state index contributed by atoms with van der Waals surface area (Å²) in [6, 6.07) is 9.37. The molecule has 0 bridgehead atoms. The van der Waals surface area contributed by atoms with Gasteiger partial charge in [-0.2, -0.15) is 5.26 Å². The second-order valence-electron chi connectivity index (χ2n) is 3.88. The maximum atomic E-state index is 11.7. The minimum atomic E-state index is -3.54. The second kappa shape index (κ2) is 5.80. The summed E-state index contributed by atoms with van der Waals surface area (Å²) < 4.78 is 25.9. The molecule has 0 aliphatic carbocycles. The monoisotopic (exact) mass is 252 g/mol. The first-order valence-corrected chi connectivity index (χ1v) is 6.98. The van der Waals surface area contributed by atoms with Crippen LogP contribution in [0, 0.1) is 18.3 Å². The van der Waals surface area contributed by atoms with Crippen LogP contribution in [0.3, 0.4) is 0 Å². The van der Waals surface area contributed by atoms with E-state index >= 15 is 0 Å². The van der Waals surface area contributed by atoms with E-state index in [2.05, 4.69) is 4.72 Å². The number of aryl methyl sites for hydroxylation is 1. The predicted molar refractivity (Wildman–Crippen MR) is 66.6 cm³/mol. The van der Waals surface area contributed by atoms with Crippen molar-refractivity contribution in [3.8, 4) is 6.07 Å². The van der Waals surface area contributed by atoms with E-state index in [4.69, 9.17) is 5.26 Å². The molecule has 0 saturated heterocycles. The summed E-state index contributed by atoms with van der Waals surface area (Å²) in [5.74, 6) is 0. The van der Waals surface area contributed by atoms with Crippen LogP contribution in [0.2, 0.25) is 0 Å².